The number of hydrogen-bond acceptors (Lipinski definition) is 5. The number of carbonyl (C=O) groups is 2. The summed E-state index contributed by atoms with van der Waals surface area (Å²) in [6.45, 7) is 0. The quantitative estimate of drug-likeness (QED) is 0.638. The number of aromatic amines is 1. The highest BCUT2D eigenvalue weighted by molar-refractivity contribution is 6.04. The molecule has 0 saturated heterocycles. The van der Waals surface area contributed by atoms with Crippen LogP contribution in [0, 0.1) is 11.6 Å². The van der Waals surface area contributed by atoms with Gasteiger partial charge in [-0.05, 0) is 37.5 Å². The van der Waals surface area contributed by atoms with Crippen LogP contribution in [0.5, 0.6) is 0 Å². The molecule has 1 aliphatic rings. The fourth-order valence-electron chi connectivity index (χ4n) is 3.44. The van der Waals surface area contributed by atoms with Crippen LogP contribution in [0.25, 0.3) is 5.69 Å². The lowest BCUT2D eigenvalue weighted by atomic mass is 10.2. The van der Waals surface area contributed by atoms with Gasteiger partial charge in [-0.25, -0.2) is 18.3 Å². The highest BCUT2D eigenvalue weighted by Gasteiger charge is 2.28. The zero-order valence-corrected chi connectivity index (χ0v) is 15.8. The monoisotopic (exact) mass is 414 g/mol. The summed E-state index contributed by atoms with van der Waals surface area (Å²) in [5.74, 6) is -3.33. The second-order valence-corrected chi connectivity index (χ2v) is 6.71. The van der Waals surface area contributed by atoms with Gasteiger partial charge in [0.05, 0.1) is 18.4 Å². The molecule has 2 N–H and O–H groups in total. The van der Waals surface area contributed by atoms with Gasteiger partial charge in [0.25, 0.3) is 11.5 Å². The van der Waals surface area contributed by atoms with Crippen molar-refractivity contribution in [1.29, 1.82) is 0 Å². The highest BCUT2D eigenvalue weighted by Crippen LogP contribution is 2.28. The largest absolute Gasteiger partial charge is 0.465 e. The number of esters is 1. The number of H-pyrrole nitrogens is 1. The molecule has 2 heterocycles. The summed E-state index contributed by atoms with van der Waals surface area (Å²) in [4.78, 5) is 38.9. The lowest BCUT2D eigenvalue weighted by Gasteiger charge is -2.06. The first kappa shape index (κ1) is 19.5. The van der Waals surface area contributed by atoms with Crippen molar-refractivity contribution in [2.24, 2.45) is 0 Å². The number of amides is 1. The number of halogens is 2. The van der Waals surface area contributed by atoms with Crippen LogP contribution in [0.4, 0.5) is 14.5 Å². The minimum absolute atomic E-state index is 0.0601. The summed E-state index contributed by atoms with van der Waals surface area (Å²) in [6, 6.07) is 4.57. The fraction of sp³-hybridized carbons (Fsp3) is 0.200. The van der Waals surface area contributed by atoms with Crippen molar-refractivity contribution in [2.45, 2.75) is 19.3 Å². The maximum absolute atomic E-state index is 13.7. The fourth-order valence-corrected chi connectivity index (χ4v) is 3.44. The van der Waals surface area contributed by atoms with E-state index in [2.05, 4.69) is 20.1 Å². The predicted molar refractivity (Wildman–Crippen MR) is 102 cm³/mol. The molecule has 0 atom stereocenters. The van der Waals surface area contributed by atoms with Gasteiger partial charge in [-0.1, -0.05) is 0 Å². The molecule has 10 heteroatoms. The molecular weight excluding hydrogens is 398 g/mol. The van der Waals surface area contributed by atoms with Gasteiger partial charge in [-0.3, -0.25) is 9.59 Å². The number of anilines is 1. The summed E-state index contributed by atoms with van der Waals surface area (Å²) in [6.07, 6.45) is 3.15. The number of pyridine rings is 1. The number of fused-ring (bicyclic) bond motifs is 1. The Labute approximate surface area is 168 Å². The van der Waals surface area contributed by atoms with E-state index < -0.39 is 29.1 Å². The van der Waals surface area contributed by atoms with Crippen molar-refractivity contribution >= 4 is 17.6 Å². The summed E-state index contributed by atoms with van der Waals surface area (Å²) < 4.78 is 33.0. The van der Waals surface area contributed by atoms with Crippen LogP contribution >= 0.6 is 0 Å². The SMILES string of the molecule is COC(=O)c1c[nH]c(=O)c(NC(=O)c2nn(-c3ccc(F)c(F)c3)c3c2CCC3)c1. The predicted octanol–water partition coefficient (Wildman–Crippen LogP) is 2.37. The third kappa shape index (κ3) is 3.36. The number of hydrogen-bond donors (Lipinski definition) is 2. The Morgan fingerprint density at radius 1 is 1.20 bits per heavy atom. The molecule has 8 nitrogen and oxygen atoms in total. The van der Waals surface area contributed by atoms with Crippen molar-refractivity contribution in [1.82, 2.24) is 14.8 Å². The van der Waals surface area contributed by atoms with Crippen molar-refractivity contribution in [3.05, 3.63) is 75.0 Å². The summed E-state index contributed by atoms with van der Waals surface area (Å²) in [7, 11) is 1.19. The van der Waals surface area contributed by atoms with E-state index in [1.54, 1.807) is 0 Å². The molecule has 3 aromatic rings. The second kappa shape index (κ2) is 7.54. The number of nitrogens with zero attached hydrogens (tertiary/aromatic N) is 2. The van der Waals surface area contributed by atoms with Crippen molar-refractivity contribution in [3.63, 3.8) is 0 Å². The molecule has 0 aliphatic heterocycles. The Bertz CT molecular complexity index is 1230. The average molecular weight is 414 g/mol. The minimum atomic E-state index is -1.02. The van der Waals surface area contributed by atoms with E-state index in [-0.39, 0.29) is 22.6 Å². The molecule has 0 spiro atoms. The Balaban J connectivity index is 1.70. The Morgan fingerprint density at radius 2 is 2.00 bits per heavy atom. The zero-order chi connectivity index (χ0) is 21.4. The van der Waals surface area contributed by atoms with E-state index in [4.69, 9.17) is 0 Å². The number of ether oxygens (including phenoxy) is 1. The third-order valence-corrected chi connectivity index (χ3v) is 4.87. The van der Waals surface area contributed by atoms with Gasteiger partial charge in [-0.15, -0.1) is 0 Å². The molecule has 1 aromatic carbocycles. The van der Waals surface area contributed by atoms with Crippen LogP contribution < -0.4 is 10.9 Å². The van der Waals surface area contributed by atoms with Crippen LogP contribution in [0.2, 0.25) is 0 Å². The van der Waals surface area contributed by atoms with Gasteiger partial charge < -0.3 is 15.0 Å². The molecule has 1 amide bonds. The van der Waals surface area contributed by atoms with E-state index in [0.29, 0.717) is 18.4 Å². The smallest absolute Gasteiger partial charge is 0.339 e. The maximum Gasteiger partial charge on any atom is 0.339 e. The Kier molecular flexibility index (Phi) is 4.90. The molecule has 30 heavy (non-hydrogen) atoms. The summed E-state index contributed by atoms with van der Waals surface area (Å²) >= 11 is 0. The van der Waals surface area contributed by atoms with E-state index in [9.17, 15) is 23.2 Å². The third-order valence-electron chi connectivity index (χ3n) is 4.87. The van der Waals surface area contributed by atoms with Crippen molar-refractivity contribution in [2.75, 3.05) is 12.4 Å². The van der Waals surface area contributed by atoms with Gasteiger partial charge >= 0.3 is 5.97 Å². The molecular formula is C20H16F2N4O4. The molecule has 0 unspecified atom stereocenters. The summed E-state index contributed by atoms with van der Waals surface area (Å²) in [5, 5.41) is 6.74. The maximum atomic E-state index is 13.7. The summed E-state index contributed by atoms with van der Waals surface area (Å²) in [5.41, 5.74) is 1.09. The van der Waals surface area contributed by atoms with Gasteiger partial charge in [0.15, 0.2) is 17.3 Å². The van der Waals surface area contributed by atoms with Crippen LogP contribution in [-0.4, -0.2) is 33.8 Å². The van der Waals surface area contributed by atoms with Gasteiger partial charge in [0, 0.05) is 23.5 Å². The van der Waals surface area contributed by atoms with Crippen LogP contribution in [-0.2, 0) is 17.6 Å². The van der Waals surface area contributed by atoms with Gasteiger partial charge in [0.2, 0.25) is 0 Å². The lowest BCUT2D eigenvalue weighted by Crippen LogP contribution is -2.22. The van der Waals surface area contributed by atoms with Crippen molar-refractivity contribution in [3.8, 4) is 5.69 Å². The number of carbonyl (C=O) groups excluding carboxylic acids is 2. The first-order chi connectivity index (χ1) is 14.4. The van der Waals surface area contributed by atoms with Gasteiger partial charge in [-0.2, -0.15) is 5.10 Å². The number of methoxy groups -OCH3 is 1. The first-order valence-electron chi connectivity index (χ1n) is 9.07. The molecule has 4 rings (SSSR count). The lowest BCUT2D eigenvalue weighted by molar-refractivity contribution is 0.0600. The van der Waals surface area contributed by atoms with Crippen LogP contribution in [0.15, 0.2) is 35.3 Å². The molecule has 1 aliphatic carbocycles. The average Bonchev–Trinajstić information content (AvgIpc) is 3.34. The van der Waals surface area contributed by atoms with E-state index in [0.717, 1.165) is 24.2 Å². The van der Waals surface area contributed by atoms with E-state index in [1.807, 2.05) is 0 Å². The topological polar surface area (TPSA) is 106 Å². The molecule has 0 bridgehead atoms. The number of benzene rings is 1. The number of nitrogens with one attached hydrogen (secondary N) is 2. The first-order valence-corrected chi connectivity index (χ1v) is 9.07. The molecule has 154 valence electrons. The molecule has 0 saturated carbocycles. The highest BCUT2D eigenvalue weighted by atomic mass is 19.2. The normalized spacial score (nSPS) is 12.5. The van der Waals surface area contributed by atoms with E-state index in [1.165, 1.54) is 30.1 Å². The Hall–Kier alpha value is -3.82. The van der Waals surface area contributed by atoms with Crippen LogP contribution in [0.3, 0.4) is 0 Å². The van der Waals surface area contributed by atoms with Gasteiger partial charge in [0.1, 0.15) is 5.69 Å². The standard InChI is InChI=1S/C20H16F2N4O4/c1-30-20(29)10-7-15(18(27)23-9-10)24-19(28)17-12-3-2-4-16(12)26(25-17)11-5-6-13(21)14(22)8-11/h5-9H,2-4H2,1H3,(H,23,27)(H,24,28). The molecule has 2 aromatic heterocycles. The molecule has 0 radical (unpaired) electrons. The van der Waals surface area contributed by atoms with E-state index >= 15 is 0 Å². The van der Waals surface area contributed by atoms with Crippen LogP contribution in [0.1, 0.15) is 38.5 Å². The second-order valence-electron chi connectivity index (χ2n) is 6.71. The minimum Gasteiger partial charge on any atom is -0.465 e. The number of rotatable bonds is 4. The molecule has 0 fully saturated rings. The zero-order valence-electron chi connectivity index (χ0n) is 15.8. The Morgan fingerprint density at radius 3 is 2.73 bits per heavy atom. The number of aromatic nitrogens is 3. The van der Waals surface area contributed by atoms with Crippen molar-refractivity contribution < 1.29 is 23.1 Å².